The highest BCUT2D eigenvalue weighted by molar-refractivity contribution is 9.11. The molecule has 3 heteroatoms. The van der Waals surface area contributed by atoms with Crippen LogP contribution in [0.5, 0.6) is 0 Å². The zero-order valence-corrected chi connectivity index (χ0v) is 16.9. The van der Waals surface area contributed by atoms with Crippen LogP contribution in [0.4, 0.5) is 0 Å². The van der Waals surface area contributed by atoms with Gasteiger partial charge in [-0.25, -0.2) is 0 Å². The minimum atomic E-state index is 0.528. The molecule has 0 saturated heterocycles. The normalized spacial score (nSPS) is 12.8. The number of rotatable bonds is 11. The molecule has 0 aliphatic heterocycles. The van der Waals surface area contributed by atoms with Crippen molar-refractivity contribution in [3.63, 3.8) is 0 Å². The summed E-state index contributed by atoms with van der Waals surface area (Å²) in [5.74, 6) is 0. The molecule has 20 heavy (non-hydrogen) atoms. The zero-order chi connectivity index (χ0) is 14.8. The summed E-state index contributed by atoms with van der Waals surface area (Å²) >= 11 is 9.41. The second-order valence-corrected chi connectivity index (χ2v) is 8.90. The third-order valence-electron chi connectivity index (χ3n) is 3.68. The molecule has 0 aliphatic carbocycles. The molecule has 0 fully saturated rings. The third-order valence-corrected chi connectivity index (χ3v) is 6.98. The Hall–Kier alpha value is 0.660. The minimum Gasteiger partial charge on any atom is -0.143 e. The Labute approximate surface area is 146 Å². The largest absolute Gasteiger partial charge is 0.143 e. The van der Waals surface area contributed by atoms with E-state index in [0.29, 0.717) is 4.83 Å². The number of thiophene rings is 1. The first-order valence-electron chi connectivity index (χ1n) is 8.05. The lowest BCUT2D eigenvalue weighted by atomic mass is 10.1. The van der Waals surface area contributed by atoms with Crippen LogP contribution in [0, 0.1) is 6.92 Å². The van der Waals surface area contributed by atoms with E-state index in [1.54, 1.807) is 0 Å². The van der Waals surface area contributed by atoms with E-state index in [1.165, 1.54) is 78.4 Å². The van der Waals surface area contributed by atoms with Crippen LogP contribution in [0.2, 0.25) is 0 Å². The van der Waals surface area contributed by atoms with Crippen LogP contribution in [-0.2, 0) is 0 Å². The lowest BCUT2D eigenvalue weighted by Crippen LogP contribution is -1.88. The summed E-state index contributed by atoms with van der Waals surface area (Å²) in [6, 6.07) is 2.23. The Morgan fingerprint density at radius 3 is 2.05 bits per heavy atom. The lowest BCUT2D eigenvalue weighted by molar-refractivity contribution is 0.556. The van der Waals surface area contributed by atoms with E-state index < -0.39 is 0 Å². The number of halogens is 2. The van der Waals surface area contributed by atoms with E-state index in [9.17, 15) is 0 Å². The summed E-state index contributed by atoms with van der Waals surface area (Å²) in [5, 5.41) is 0. The molecule has 0 aliphatic rings. The molecule has 0 aromatic carbocycles. The lowest BCUT2D eigenvalue weighted by Gasteiger charge is -2.08. The maximum atomic E-state index is 3.84. The molecule has 1 heterocycles. The van der Waals surface area contributed by atoms with Gasteiger partial charge in [0.25, 0.3) is 0 Å². The fourth-order valence-corrected chi connectivity index (χ4v) is 5.58. The van der Waals surface area contributed by atoms with Crippen LogP contribution in [0.3, 0.4) is 0 Å². The fraction of sp³-hybridized carbons (Fsp3) is 0.765. The van der Waals surface area contributed by atoms with Gasteiger partial charge in [-0.3, -0.25) is 0 Å². The van der Waals surface area contributed by atoms with Crippen molar-refractivity contribution in [3.8, 4) is 0 Å². The number of alkyl halides is 1. The highest BCUT2D eigenvalue weighted by atomic mass is 79.9. The third kappa shape index (κ3) is 7.61. The van der Waals surface area contributed by atoms with Gasteiger partial charge >= 0.3 is 0 Å². The van der Waals surface area contributed by atoms with Crippen LogP contribution in [0.15, 0.2) is 10.5 Å². The first-order chi connectivity index (χ1) is 9.65. The predicted octanol–water partition coefficient (Wildman–Crippen LogP) is 8.18. The summed E-state index contributed by atoms with van der Waals surface area (Å²) in [5.41, 5.74) is 0. The maximum Gasteiger partial charge on any atom is 0.0500 e. The average Bonchev–Trinajstić information content (AvgIpc) is 2.75. The zero-order valence-electron chi connectivity index (χ0n) is 12.9. The van der Waals surface area contributed by atoms with E-state index in [-0.39, 0.29) is 0 Å². The molecule has 1 aromatic heterocycles. The van der Waals surface area contributed by atoms with Gasteiger partial charge in [-0.1, -0.05) is 80.6 Å². The van der Waals surface area contributed by atoms with Gasteiger partial charge in [0.1, 0.15) is 0 Å². The van der Waals surface area contributed by atoms with Gasteiger partial charge in [-0.15, -0.1) is 11.3 Å². The van der Waals surface area contributed by atoms with Crippen LogP contribution in [0.25, 0.3) is 0 Å². The molecule has 1 aromatic rings. The number of hydrogen-bond acceptors (Lipinski definition) is 1. The summed E-state index contributed by atoms with van der Waals surface area (Å²) < 4.78 is 1.28. The molecular weight excluding hydrogens is 396 g/mol. The fourth-order valence-electron chi connectivity index (χ4n) is 2.48. The van der Waals surface area contributed by atoms with Crippen molar-refractivity contribution in [3.05, 3.63) is 20.3 Å². The van der Waals surface area contributed by atoms with Crippen LogP contribution in [-0.4, -0.2) is 0 Å². The molecule has 116 valence electrons. The molecular formula is C17H28Br2S. The highest BCUT2D eigenvalue weighted by Crippen LogP contribution is 2.39. The summed E-state index contributed by atoms with van der Waals surface area (Å²) in [7, 11) is 0. The monoisotopic (exact) mass is 422 g/mol. The topological polar surface area (TPSA) is 0 Å². The van der Waals surface area contributed by atoms with Crippen molar-refractivity contribution in [2.45, 2.75) is 82.9 Å². The van der Waals surface area contributed by atoms with Crippen molar-refractivity contribution in [2.24, 2.45) is 0 Å². The molecule has 0 nitrogen and oxygen atoms in total. The average molecular weight is 424 g/mol. The van der Waals surface area contributed by atoms with Crippen LogP contribution < -0.4 is 0 Å². The molecule has 0 spiro atoms. The minimum absolute atomic E-state index is 0.528. The molecule has 0 bridgehead atoms. The Morgan fingerprint density at radius 2 is 1.55 bits per heavy atom. The van der Waals surface area contributed by atoms with E-state index in [1.807, 2.05) is 11.3 Å². The first kappa shape index (κ1) is 18.7. The Morgan fingerprint density at radius 1 is 1.00 bits per heavy atom. The van der Waals surface area contributed by atoms with E-state index >= 15 is 0 Å². The summed E-state index contributed by atoms with van der Waals surface area (Å²) in [4.78, 5) is 3.38. The van der Waals surface area contributed by atoms with Gasteiger partial charge in [0.15, 0.2) is 0 Å². The van der Waals surface area contributed by atoms with Gasteiger partial charge in [0.2, 0.25) is 0 Å². The van der Waals surface area contributed by atoms with E-state index in [0.717, 1.165) is 0 Å². The van der Waals surface area contributed by atoms with Gasteiger partial charge in [0, 0.05) is 14.2 Å². The van der Waals surface area contributed by atoms with Crippen LogP contribution in [0.1, 0.15) is 85.7 Å². The van der Waals surface area contributed by atoms with Gasteiger partial charge in [0.05, 0.1) is 4.83 Å². The summed E-state index contributed by atoms with van der Waals surface area (Å²) in [6.07, 6.45) is 13.9. The second kappa shape index (κ2) is 11.3. The molecule has 0 saturated carbocycles. The standard InChI is InChI=1S/C17H28Br2S/c1-3-4-5-6-7-8-9-10-11-12-15(18)17-16(19)13-14(2)20-17/h13,15H,3-12H2,1-2H3. The van der Waals surface area contributed by atoms with E-state index in [4.69, 9.17) is 0 Å². The van der Waals surface area contributed by atoms with Crippen molar-refractivity contribution < 1.29 is 0 Å². The molecule has 1 rings (SSSR count). The highest BCUT2D eigenvalue weighted by Gasteiger charge is 2.13. The SMILES string of the molecule is CCCCCCCCCCCC(Br)c1sc(C)cc1Br. The molecule has 1 atom stereocenters. The summed E-state index contributed by atoms with van der Waals surface area (Å²) in [6.45, 7) is 4.46. The quantitative estimate of drug-likeness (QED) is 0.248. The van der Waals surface area contributed by atoms with E-state index in [2.05, 4.69) is 51.8 Å². The molecule has 0 radical (unpaired) electrons. The molecule has 0 amide bonds. The van der Waals surface area contributed by atoms with Crippen molar-refractivity contribution in [2.75, 3.05) is 0 Å². The van der Waals surface area contributed by atoms with Crippen molar-refractivity contribution >= 4 is 43.2 Å². The maximum absolute atomic E-state index is 3.84. The molecule has 1 unspecified atom stereocenters. The smallest absolute Gasteiger partial charge is 0.0500 e. The van der Waals surface area contributed by atoms with Crippen LogP contribution >= 0.6 is 43.2 Å². The van der Waals surface area contributed by atoms with Crippen molar-refractivity contribution in [1.82, 2.24) is 0 Å². The number of unbranched alkanes of at least 4 members (excludes halogenated alkanes) is 8. The second-order valence-electron chi connectivity index (χ2n) is 5.65. The predicted molar refractivity (Wildman–Crippen MR) is 100 cm³/mol. The van der Waals surface area contributed by atoms with Gasteiger partial charge in [-0.05, 0) is 35.3 Å². The number of hydrogen-bond donors (Lipinski definition) is 0. The Balaban J connectivity index is 2.02. The Bertz CT molecular complexity index is 360. The number of aryl methyl sites for hydroxylation is 1. The van der Waals surface area contributed by atoms with Gasteiger partial charge in [-0.2, -0.15) is 0 Å². The Kier molecular flexibility index (Phi) is 10.5. The van der Waals surface area contributed by atoms with Gasteiger partial charge < -0.3 is 0 Å². The first-order valence-corrected chi connectivity index (χ1v) is 10.6. The molecule has 0 N–H and O–H groups in total. The van der Waals surface area contributed by atoms with Crippen molar-refractivity contribution in [1.29, 1.82) is 0 Å².